The maximum Gasteiger partial charge on any atom is 0.303 e. The summed E-state index contributed by atoms with van der Waals surface area (Å²) in [5.74, 6) is -0.708. The molecule has 1 N–H and O–H groups in total. The van der Waals surface area contributed by atoms with Gasteiger partial charge in [0.25, 0.3) is 0 Å². The van der Waals surface area contributed by atoms with Gasteiger partial charge in [0.15, 0.2) is 0 Å². The van der Waals surface area contributed by atoms with E-state index in [1.165, 1.54) is 15.9 Å². The fourth-order valence-corrected chi connectivity index (χ4v) is 8.33. The molecule has 0 aromatic heterocycles. The van der Waals surface area contributed by atoms with Gasteiger partial charge in [-0.15, -0.1) is 0 Å². The molecule has 5 heteroatoms. The molecular weight excluding hydrogens is 469 g/mol. The molecule has 0 fully saturated rings. The van der Waals surface area contributed by atoms with Crippen molar-refractivity contribution in [2.24, 2.45) is 0 Å². The van der Waals surface area contributed by atoms with Crippen molar-refractivity contribution >= 4 is 29.1 Å². The summed E-state index contributed by atoms with van der Waals surface area (Å²) >= 11 is 0. The van der Waals surface area contributed by atoms with E-state index in [4.69, 9.17) is 5.11 Å². The van der Waals surface area contributed by atoms with E-state index in [1.807, 2.05) is 0 Å². The summed E-state index contributed by atoms with van der Waals surface area (Å²) in [4.78, 5) is 13.1. The number of rotatable bonds is 11. The second-order valence-corrected chi connectivity index (χ2v) is 11.3. The van der Waals surface area contributed by atoms with Crippen molar-refractivity contribution < 1.29 is 26.9 Å². The zero-order valence-electron chi connectivity index (χ0n) is 18.0. The lowest BCUT2D eigenvalue weighted by molar-refractivity contribution is -0.137. The lowest BCUT2D eigenvalue weighted by atomic mass is 10.2. The van der Waals surface area contributed by atoms with Gasteiger partial charge in [-0.2, -0.15) is 0 Å². The summed E-state index contributed by atoms with van der Waals surface area (Å²) in [7, 11) is 0.352. The minimum absolute atomic E-state index is 0. The fourth-order valence-electron chi connectivity index (χ4n) is 3.97. The highest BCUT2D eigenvalue weighted by atomic mass is 79.9. The monoisotopic (exact) mass is 499 g/mol. The first-order valence-electron chi connectivity index (χ1n) is 10.6. The molecule has 0 unspecified atom stereocenters. The van der Waals surface area contributed by atoms with Crippen LogP contribution >= 0.6 is 7.26 Å². The van der Waals surface area contributed by atoms with E-state index >= 15 is 0 Å². The normalized spacial score (nSPS) is 11.2. The number of carbonyl (C=O) groups is 1. The lowest BCUT2D eigenvalue weighted by Gasteiger charge is -2.29. The summed E-state index contributed by atoms with van der Waals surface area (Å²) in [6, 6.07) is 32.8. The third-order valence-corrected chi connectivity index (χ3v) is 10.00. The van der Waals surface area contributed by atoms with Gasteiger partial charge in [0.05, 0.1) is 6.16 Å². The van der Waals surface area contributed by atoms with Gasteiger partial charge >= 0.3 is 5.97 Å². The van der Waals surface area contributed by atoms with E-state index in [0.29, 0.717) is 0 Å². The van der Waals surface area contributed by atoms with Gasteiger partial charge in [-0.05, 0) is 62.8 Å². The Hall–Kier alpha value is -2.00. The summed E-state index contributed by atoms with van der Waals surface area (Å²) in [5, 5.41) is 13.1. The lowest BCUT2D eigenvalue weighted by Crippen LogP contribution is -3.00. The maximum absolute atomic E-state index is 10.8. The van der Waals surface area contributed by atoms with Gasteiger partial charge in [-0.1, -0.05) is 54.6 Å². The molecule has 0 aliphatic heterocycles. The number of aliphatic carboxylic acids is 1. The number of hydrogen-bond acceptors (Lipinski definition) is 2. The van der Waals surface area contributed by atoms with E-state index in [0.717, 1.165) is 32.1 Å². The molecule has 0 aliphatic rings. The van der Waals surface area contributed by atoms with Crippen molar-refractivity contribution in [3.63, 3.8) is 0 Å². The average Bonchev–Trinajstić information content (AvgIpc) is 2.79. The van der Waals surface area contributed by atoms with E-state index in [9.17, 15) is 4.79 Å². The van der Waals surface area contributed by atoms with Crippen LogP contribution in [0, 0.1) is 0 Å². The fraction of sp³-hybridized carbons (Fsp3) is 0.269. The van der Waals surface area contributed by atoms with Gasteiger partial charge in [0.2, 0.25) is 0 Å². The smallest absolute Gasteiger partial charge is 0.303 e. The van der Waals surface area contributed by atoms with Crippen LogP contribution in [0.5, 0.6) is 0 Å². The molecule has 0 saturated carbocycles. The predicted octanol–water partition coefficient (Wildman–Crippen LogP) is 1.17. The third-order valence-electron chi connectivity index (χ3n) is 5.59. The van der Waals surface area contributed by atoms with Crippen molar-refractivity contribution in [3.8, 4) is 0 Å². The molecule has 164 valence electrons. The molecule has 0 radical (unpaired) electrons. The topological polar surface area (TPSA) is 40.5 Å². The minimum atomic E-state index is -1.80. The van der Waals surface area contributed by atoms with Crippen molar-refractivity contribution in [3.05, 3.63) is 91.0 Å². The number of carboxylic acid groups (broad SMARTS) is 1. The van der Waals surface area contributed by atoms with Crippen molar-refractivity contribution in [2.45, 2.75) is 19.3 Å². The van der Waals surface area contributed by atoms with E-state index < -0.39 is 13.2 Å². The minimum Gasteiger partial charge on any atom is -1.00 e. The molecule has 0 saturated heterocycles. The standard InChI is InChI=1S/C26H30NO2P.BrH/c1-27(20-12-11-19-26(28)29)21-22-30(23-13-5-2-6-14-23,24-15-7-3-8-16-24)25-17-9-4-10-18-25;/h2-10,13-18H,11-12,19-22H2,1H3;1H. The van der Waals surface area contributed by atoms with Gasteiger partial charge in [-0.25, -0.2) is 0 Å². The van der Waals surface area contributed by atoms with Gasteiger partial charge < -0.3 is 27.0 Å². The summed E-state index contributed by atoms with van der Waals surface area (Å²) in [5.41, 5.74) is 0. The molecule has 0 spiro atoms. The molecule has 3 rings (SSSR count). The zero-order chi connectivity index (χ0) is 21.2. The number of unbranched alkanes of at least 4 members (excludes halogenated alkanes) is 1. The Labute approximate surface area is 197 Å². The van der Waals surface area contributed by atoms with Crippen LogP contribution in [0.15, 0.2) is 91.0 Å². The predicted molar refractivity (Wildman–Crippen MR) is 129 cm³/mol. The Morgan fingerprint density at radius 3 is 1.55 bits per heavy atom. The second kappa shape index (κ2) is 12.8. The summed E-state index contributed by atoms with van der Waals surface area (Å²) < 4.78 is 0. The van der Waals surface area contributed by atoms with Crippen molar-refractivity contribution in [1.82, 2.24) is 4.90 Å². The molecule has 3 aromatic rings. The van der Waals surface area contributed by atoms with Crippen LogP contribution in [0.3, 0.4) is 0 Å². The highest BCUT2D eigenvalue weighted by Crippen LogP contribution is 2.55. The maximum atomic E-state index is 10.8. The Morgan fingerprint density at radius 2 is 1.16 bits per heavy atom. The highest BCUT2D eigenvalue weighted by Gasteiger charge is 2.44. The van der Waals surface area contributed by atoms with Crippen molar-refractivity contribution in [2.75, 3.05) is 26.3 Å². The summed E-state index contributed by atoms with van der Waals surface area (Å²) in [6.07, 6.45) is 2.95. The Bertz CT molecular complexity index is 810. The van der Waals surface area contributed by atoms with Crippen LogP contribution in [0.2, 0.25) is 0 Å². The van der Waals surface area contributed by atoms with Crippen LogP contribution in [-0.2, 0) is 4.79 Å². The first-order chi connectivity index (χ1) is 14.6. The largest absolute Gasteiger partial charge is 1.00 e. The molecular formula is C26H31BrNO2P. The van der Waals surface area contributed by atoms with E-state index in [1.54, 1.807) is 0 Å². The SMILES string of the molecule is CN(CCCCC(=O)O)CC[P+](c1ccccc1)(c1ccccc1)c1ccccc1.[Br-]. The Kier molecular flexibility index (Phi) is 10.4. The molecule has 3 nitrogen and oxygen atoms in total. The third kappa shape index (κ3) is 6.74. The molecule has 0 aliphatic carbocycles. The Morgan fingerprint density at radius 1 is 0.742 bits per heavy atom. The number of carboxylic acids is 1. The quantitative estimate of drug-likeness (QED) is 0.318. The van der Waals surface area contributed by atoms with Gasteiger partial charge in [0, 0.05) is 13.0 Å². The molecule has 0 heterocycles. The van der Waals surface area contributed by atoms with Gasteiger partial charge in [0.1, 0.15) is 23.2 Å². The Balaban J connectivity index is 0.00000341. The molecule has 0 bridgehead atoms. The van der Waals surface area contributed by atoms with Crippen molar-refractivity contribution in [1.29, 1.82) is 0 Å². The first-order valence-corrected chi connectivity index (χ1v) is 12.6. The number of halogens is 1. The number of benzene rings is 3. The van der Waals surface area contributed by atoms with Crippen LogP contribution < -0.4 is 32.9 Å². The first kappa shape index (κ1) is 25.3. The molecule has 0 amide bonds. The van der Waals surface area contributed by atoms with E-state index in [2.05, 4.69) is 103 Å². The van der Waals surface area contributed by atoms with Crippen LogP contribution in [0.1, 0.15) is 19.3 Å². The van der Waals surface area contributed by atoms with E-state index in [-0.39, 0.29) is 23.4 Å². The zero-order valence-corrected chi connectivity index (χ0v) is 20.5. The summed E-state index contributed by atoms with van der Waals surface area (Å²) in [6.45, 7) is 1.89. The number of hydrogen-bond donors (Lipinski definition) is 1. The molecule has 31 heavy (non-hydrogen) atoms. The highest BCUT2D eigenvalue weighted by molar-refractivity contribution is 7.95. The van der Waals surface area contributed by atoms with Gasteiger partial charge in [-0.3, -0.25) is 4.79 Å². The van der Waals surface area contributed by atoms with Crippen LogP contribution in [0.4, 0.5) is 0 Å². The second-order valence-electron chi connectivity index (χ2n) is 7.69. The van der Waals surface area contributed by atoms with Crippen LogP contribution in [0.25, 0.3) is 0 Å². The molecule has 0 atom stereocenters. The average molecular weight is 500 g/mol. The molecule has 3 aromatic carbocycles. The number of nitrogens with zero attached hydrogens (tertiary/aromatic N) is 1. The van der Waals surface area contributed by atoms with Crippen LogP contribution in [-0.4, -0.2) is 42.3 Å².